The third-order valence-electron chi connectivity index (χ3n) is 2.70. The molecule has 0 unspecified atom stereocenters. The van der Waals surface area contributed by atoms with Crippen molar-refractivity contribution in [2.75, 3.05) is 6.61 Å². The normalized spacial score (nSPS) is 9.82. The molecule has 0 aromatic heterocycles. The van der Waals surface area contributed by atoms with E-state index in [1.54, 1.807) is 6.08 Å². The number of rotatable bonds is 6. The monoisotopic (exact) mass is 232 g/mol. The fraction of sp³-hybridized carbons (Fsp3) is 0.400. The lowest BCUT2D eigenvalue weighted by molar-refractivity contribution is 0.104. The van der Waals surface area contributed by atoms with E-state index in [4.69, 9.17) is 4.74 Å². The van der Waals surface area contributed by atoms with E-state index in [9.17, 15) is 4.79 Å². The van der Waals surface area contributed by atoms with Crippen LogP contribution in [0, 0.1) is 0 Å². The van der Waals surface area contributed by atoms with E-state index in [-0.39, 0.29) is 5.78 Å². The second-order valence-electron chi connectivity index (χ2n) is 3.80. The molecule has 0 aliphatic heterocycles. The van der Waals surface area contributed by atoms with E-state index in [0.717, 1.165) is 12.8 Å². The summed E-state index contributed by atoms with van der Waals surface area (Å²) in [6.07, 6.45) is 3.57. The molecule has 92 valence electrons. The minimum Gasteiger partial charge on any atom is -0.493 e. The SMILES string of the molecule is CCOc1ccccc1C(=O)C=C(CC)CC. The number of carbonyl (C=O) groups is 1. The van der Waals surface area contributed by atoms with Gasteiger partial charge in [-0.3, -0.25) is 4.79 Å². The highest BCUT2D eigenvalue weighted by molar-refractivity contribution is 6.06. The Kier molecular flexibility index (Phi) is 5.47. The molecular weight excluding hydrogens is 212 g/mol. The number of allylic oxidation sites excluding steroid dienone is 2. The molecule has 1 aromatic rings. The van der Waals surface area contributed by atoms with Crippen molar-refractivity contribution in [1.82, 2.24) is 0 Å². The first-order valence-corrected chi connectivity index (χ1v) is 6.18. The van der Waals surface area contributed by atoms with Crippen molar-refractivity contribution in [2.45, 2.75) is 33.6 Å². The van der Waals surface area contributed by atoms with Gasteiger partial charge in [0.05, 0.1) is 12.2 Å². The van der Waals surface area contributed by atoms with Gasteiger partial charge in [0.15, 0.2) is 5.78 Å². The minimum absolute atomic E-state index is 0.0350. The minimum atomic E-state index is 0.0350. The van der Waals surface area contributed by atoms with Crippen molar-refractivity contribution in [1.29, 1.82) is 0 Å². The predicted octanol–water partition coefficient (Wildman–Crippen LogP) is 4.01. The lowest BCUT2D eigenvalue weighted by Gasteiger charge is -2.08. The second kappa shape index (κ2) is 6.89. The number of benzene rings is 1. The number of para-hydroxylation sites is 1. The van der Waals surface area contributed by atoms with Gasteiger partial charge in [-0.25, -0.2) is 0 Å². The molecule has 0 aliphatic rings. The highest BCUT2D eigenvalue weighted by atomic mass is 16.5. The van der Waals surface area contributed by atoms with E-state index in [1.165, 1.54) is 5.57 Å². The molecule has 2 nitrogen and oxygen atoms in total. The van der Waals surface area contributed by atoms with Crippen LogP contribution in [0.15, 0.2) is 35.9 Å². The summed E-state index contributed by atoms with van der Waals surface area (Å²) in [5.41, 5.74) is 1.81. The molecule has 0 atom stereocenters. The Morgan fingerprint density at radius 3 is 2.41 bits per heavy atom. The van der Waals surface area contributed by atoms with Gasteiger partial charge in [0.1, 0.15) is 5.75 Å². The number of carbonyl (C=O) groups excluding carboxylic acids is 1. The van der Waals surface area contributed by atoms with Crippen LogP contribution in [0.2, 0.25) is 0 Å². The van der Waals surface area contributed by atoms with Gasteiger partial charge in [-0.15, -0.1) is 0 Å². The highest BCUT2D eigenvalue weighted by Gasteiger charge is 2.09. The molecule has 0 N–H and O–H groups in total. The molecule has 0 heterocycles. The van der Waals surface area contributed by atoms with Crippen LogP contribution < -0.4 is 4.74 Å². The summed E-state index contributed by atoms with van der Waals surface area (Å²) >= 11 is 0. The third kappa shape index (κ3) is 3.74. The van der Waals surface area contributed by atoms with Crippen LogP contribution in [0.25, 0.3) is 0 Å². The van der Waals surface area contributed by atoms with Crippen LogP contribution >= 0.6 is 0 Å². The smallest absolute Gasteiger partial charge is 0.189 e. The molecule has 0 fully saturated rings. The summed E-state index contributed by atoms with van der Waals surface area (Å²) in [5.74, 6) is 0.704. The van der Waals surface area contributed by atoms with Gasteiger partial charge in [0.2, 0.25) is 0 Å². The molecule has 0 aliphatic carbocycles. The van der Waals surface area contributed by atoms with Crippen LogP contribution in [0.3, 0.4) is 0 Å². The maximum atomic E-state index is 12.1. The molecular formula is C15H20O2. The predicted molar refractivity (Wildman–Crippen MR) is 70.6 cm³/mol. The molecule has 0 saturated carbocycles. The molecule has 2 heteroatoms. The summed E-state index contributed by atoms with van der Waals surface area (Å²) in [7, 11) is 0. The van der Waals surface area contributed by atoms with Gasteiger partial charge >= 0.3 is 0 Å². The van der Waals surface area contributed by atoms with E-state index in [0.29, 0.717) is 17.9 Å². The van der Waals surface area contributed by atoms with E-state index < -0.39 is 0 Å². The largest absolute Gasteiger partial charge is 0.493 e. The van der Waals surface area contributed by atoms with Crippen molar-refractivity contribution < 1.29 is 9.53 Å². The standard InChI is InChI=1S/C15H20O2/c1-4-12(5-2)11-14(16)13-9-7-8-10-15(13)17-6-3/h7-11H,4-6H2,1-3H3. The van der Waals surface area contributed by atoms with E-state index in [1.807, 2.05) is 31.2 Å². The molecule has 0 amide bonds. The van der Waals surface area contributed by atoms with Gasteiger partial charge in [0, 0.05) is 0 Å². The van der Waals surface area contributed by atoms with Crippen LogP contribution in [0.4, 0.5) is 0 Å². The van der Waals surface area contributed by atoms with Crippen molar-refractivity contribution >= 4 is 5.78 Å². The zero-order valence-corrected chi connectivity index (χ0v) is 10.8. The van der Waals surface area contributed by atoms with Crippen LogP contribution in [-0.4, -0.2) is 12.4 Å². The molecule has 1 rings (SSSR count). The number of ketones is 1. The Balaban J connectivity index is 2.99. The molecule has 17 heavy (non-hydrogen) atoms. The molecule has 0 radical (unpaired) electrons. The second-order valence-corrected chi connectivity index (χ2v) is 3.80. The summed E-state index contributed by atoms with van der Waals surface area (Å²) in [6, 6.07) is 7.39. The first kappa shape index (κ1) is 13.5. The summed E-state index contributed by atoms with van der Waals surface area (Å²) < 4.78 is 5.46. The van der Waals surface area contributed by atoms with Crippen LogP contribution in [0.1, 0.15) is 44.0 Å². The fourth-order valence-corrected chi connectivity index (χ4v) is 1.67. The lowest BCUT2D eigenvalue weighted by Crippen LogP contribution is -2.02. The summed E-state index contributed by atoms with van der Waals surface area (Å²) in [5, 5.41) is 0. The summed E-state index contributed by atoms with van der Waals surface area (Å²) in [6.45, 7) is 6.62. The Morgan fingerprint density at radius 1 is 1.18 bits per heavy atom. The van der Waals surface area contributed by atoms with Crippen molar-refractivity contribution in [2.24, 2.45) is 0 Å². The lowest BCUT2D eigenvalue weighted by atomic mass is 10.0. The summed E-state index contributed by atoms with van der Waals surface area (Å²) in [4.78, 5) is 12.1. The van der Waals surface area contributed by atoms with Crippen molar-refractivity contribution in [3.05, 3.63) is 41.5 Å². The quantitative estimate of drug-likeness (QED) is 0.547. The number of hydrogen-bond donors (Lipinski definition) is 0. The zero-order valence-electron chi connectivity index (χ0n) is 10.8. The molecule has 0 spiro atoms. The Labute approximate surface area is 103 Å². The Morgan fingerprint density at radius 2 is 1.82 bits per heavy atom. The maximum Gasteiger partial charge on any atom is 0.189 e. The van der Waals surface area contributed by atoms with Crippen molar-refractivity contribution in [3.8, 4) is 5.75 Å². The maximum absolute atomic E-state index is 12.1. The average Bonchev–Trinajstić information content (AvgIpc) is 2.36. The average molecular weight is 232 g/mol. The van der Waals surface area contributed by atoms with Crippen molar-refractivity contribution in [3.63, 3.8) is 0 Å². The molecule has 0 saturated heterocycles. The Hall–Kier alpha value is -1.57. The fourth-order valence-electron chi connectivity index (χ4n) is 1.67. The van der Waals surface area contributed by atoms with Gasteiger partial charge < -0.3 is 4.74 Å². The Bertz CT molecular complexity index is 399. The van der Waals surface area contributed by atoms with Gasteiger partial charge in [0.25, 0.3) is 0 Å². The third-order valence-corrected chi connectivity index (χ3v) is 2.70. The molecule has 1 aromatic carbocycles. The van der Waals surface area contributed by atoms with Gasteiger partial charge in [-0.1, -0.05) is 31.6 Å². The first-order chi connectivity index (χ1) is 8.22. The first-order valence-electron chi connectivity index (χ1n) is 6.18. The highest BCUT2D eigenvalue weighted by Crippen LogP contribution is 2.20. The van der Waals surface area contributed by atoms with Gasteiger partial charge in [-0.2, -0.15) is 0 Å². The zero-order chi connectivity index (χ0) is 12.7. The van der Waals surface area contributed by atoms with E-state index >= 15 is 0 Å². The number of ether oxygens (including phenoxy) is 1. The topological polar surface area (TPSA) is 26.3 Å². The van der Waals surface area contributed by atoms with Crippen LogP contribution in [0.5, 0.6) is 5.75 Å². The number of hydrogen-bond acceptors (Lipinski definition) is 2. The van der Waals surface area contributed by atoms with Crippen LogP contribution in [-0.2, 0) is 0 Å². The van der Waals surface area contributed by atoms with E-state index in [2.05, 4.69) is 13.8 Å². The molecule has 0 bridgehead atoms. The van der Waals surface area contributed by atoms with Gasteiger partial charge in [-0.05, 0) is 38.0 Å².